The first kappa shape index (κ1) is 41.6. The maximum atomic E-state index is 13.9. The Morgan fingerprint density at radius 3 is 2.23 bits per heavy atom. The minimum absolute atomic E-state index is 0.0688. The summed E-state index contributed by atoms with van der Waals surface area (Å²) in [4.78, 5) is 55.3. The summed E-state index contributed by atoms with van der Waals surface area (Å²) < 4.78 is 31.5. The molecule has 0 aromatic carbocycles. The van der Waals surface area contributed by atoms with Gasteiger partial charge in [0, 0.05) is 43.3 Å². The number of carbonyl (C=O) groups excluding carboxylic acids is 3. The summed E-state index contributed by atoms with van der Waals surface area (Å²) in [6.45, 7) is 16.3. The van der Waals surface area contributed by atoms with E-state index in [-0.39, 0.29) is 25.3 Å². The minimum atomic E-state index is -2.20. The Kier molecular flexibility index (Phi) is 10.0. The van der Waals surface area contributed by atoms with Crippen LogP contribution in [0, 0.1) is 46.8 Å². The summed E-state index contributed by atoms with van der Waals surface area (Å²) in [5, 5.41) is 60.3. The number of ether oxygens (including phenoxy) is 5. The number of nitrogens with zero attached hydrogens (tertiary/aromatic N) is 1. The number of aliphatic hydroxyl groups excluding tert-OH is 1. The van der Waals surface area contributed by atoms with Crippen LogP contribution in [0.3, 0.4) is 0 Å². The molecule has 0 aromatic rings. The summed E-state index contributed by atoms with van der Waals surface area (Å²) in [6.07, 6.45) is -6.15. The van der Waals surface area contributed by atoms with Crippen LogP contribution in [-0.4, -0.2) is 132 Å². The van der Waals surface area contributed by atoms with Crippen LogP contribution in [0.5, 0.6) is 0 Å². The number of aliphatic hydroxyl groups is 4. The Hall–Kier alpha value is -2.56. The molecule has 4 bridgehead atoms. The number of fused-ring (bicyclic) bond motifs is 5. The van der Waals surface area contributed by atoms with Crippen LogP contribution in [0.15, 0.2) is 0 Å². The van der Waals surface area contributed by atoms with Gasteiger partial charge < -0.3 is 49.2 Å². The van der Waals surface area contributed by atoms with Crippen molar-refractivity contribution in [2.75, 3.05) is 13.1 Å². The topological polar surface area (TPSA) is 219 Å². The Morgan fingerprint density at radius 2 is 1.62 bits per heavy atom. The van der Waals surface area contributed by atoms with Crippen molar-refractivity contribution in [3.8, 4) is 0 Å². The van der Waals surface area contributed by atoms with Crippen LogP contribution >= 0.6 is 0 Å². The van der Waals surface area contributed by atoms with E-state index in [0.29, 0.717) is 38.3 Å². The zero-order valence-electron chi connectivity index (χ0n) is 34.2. The SMILES string of the molecule is CCC(C)C(=O)O[C@H]1C(O)C2C(CN3C[C@@H](C)CC[C@H]3[C@@]2(C)O)C2C[C@@]34O[C@@]5(C)C(C(OC(=O)O)C(OC(C)=O)C3[C@@]21O)[C@]4(C)CC[C@@H]5OC(=O)C(C)(O)CC. The molecule has 7 aliphatic rings. The lowest BCUT2D eigenvalue weighted by Crippen LogP contribution is -2.78. The molecule has 7 rings (SSSR count). The third-order valence-electron chi connectivity index (χ3n) is 16.3. The zero-order valence-corrected chi connectivity index (χ0v) is 34.2. The number of rotatable bonds is 8. The normalized spacial score (nSPS) is 50.5. The first-order valence-electron chi connectivity index (χ1n) is 20.7. The van der Waals surface area contributed by atoms with E-state index in [1.807, 2.05) is 13.8 Å². The van der Waals surface area contributed by atoms with Gasteiger partial charge in [-0.05, 0) is 83.5 Å². The Labute approximate surface area is 328 Å². The lowest BCUT2D eigenvalue weighted by molar-refractivity contribution is -0.300. The molecule has 3 heterocycles. The number of hydrogen-bond donors (Lipinski definition) is 5. The highest BCUT2D eigenvalue weighted by atomic mass is 16.7. The number of carbonyl (C=O) groups is 4. The van der Waals surface area contributed by atoms with Gasteiger partial charge >= 0.3 is 24.1 Å². The van der Waals surface area contributed by atoms with Gasteiger partial charge in [0.2, 0.25) is 0 Å². The van der Waals surface area contributed by atoms with E-state index in [1.54, 1.807) is 27.7 Å². The molecule has 3 saturated heterocycles. The average molecular weight is 794 g/mol. The summed E-state index contributed by atoms with van der Waals surface area (Å²) in [5.74, 6) is -7.07. The van der Waals surface area contributed by atoms with Crippen molar-refractivity contribution >= 4 is 24.1 Å². The standard InChI is InChI=1S/C41H63NO14/c1-10-20(4)33(45)55-32-27(44)26-22(18-42-17-19(3)12-13-24(42)38(26,8)50)23-16-40-31(41(23,32)51)29(52-21(5)43)28(54-35(47)48)30-36(40,6)15-14-25(39(30,9)56-40)53-34(46)37(7,49)11-2/h19-20,22-32,44,49-51H,10-18H2,1-9H3,(H,47,48)/t19-,20?,22?,23?,24-,25-,26?,27?,28?,29?,30?,31?,32-,36-,37?,38+,39+,40+,41-/m0/s1. The van der Waals surface area contributed by atoms with Crippen LogP contribution in [0.2, 0.25) is 0 Å². The predicted molar refractivity (Wildman–Crippen MR) is 196 cm³/mol. The molecule has 0 amide bonds. The fraction of sp³-hybridized carbons (Fsp3) is 0.902. The van der Waals surface area contributed by atoms with Crippen LogP contribution in [-0.2, 0) is 38.1 Å². The molecule has 0 radical (unpaired) electrons. The lowest BCUT2D eigenvalue weighted by Gasteiger charge is -2.64. The molecule has 5 N–H and O–H groups in total. The maximum absolute atomic E-state index is 13.9. The molecule has 56 heavy (non-hydrogen) atoms. The summed E-state index contributed by atoms with van der Waals surface area (Å²) in [5.41, 5.74) is -9.44. The average Bonchev–Trinajstić information content (AvgIpc) is 3.40. The van der Waals surface area contributed by atoms with Gasteiger partial charge in [0.15, 0.2) is 11.7 Å². The van der Waals surface area contributed by atoms with Gasteiger partial charge in [-0.25, -0.2) is 9.59 Å². The quantitative estimate of drug-likeness (QED) is 0.176. The van der Waals surface area contributed by atoms with Gasteiger partial charge in [-0.15, -0.1) is 0 Å². The van der Waals surface area contributed by atoms with E-state index >= 15 is 0 Å². The van der Waals surface area contributed by atoms with Crippen molar-refractivity contribution in [1.82, 2.24) is 4.90 Å². The molecule has 4 saturated carbocycles. The highest BCUT2D eigenvalue weighted by Gasteiger charge is 2.89. The molecule has 10 unspecified atom stereocenters. The van der Waals surface area contributed by atoms with Crippen LogP contribution in [0.4, 0.5) is 4.79 Å². The Balaban J connectivity index is 1.45. The third-order valence-corrected chi connectivity index (χ3v) is 16.3. The lowest BCUT2D eigenvalue weighted by atomic mass is 9.47. The largest absolute Gasteiger partial charge is 0.506 e. The van der Waals surface area contributed by atoms with Gasteiger partial charge in [0.1, 0.15) is 29.5 Å². The minimum Gasteiger partial charge on any atom is -0.458 e. The Morgan fingerprint density at radius 1 is 0.964 bits per heavy atom. The van der Waals surface area contributed by atoms with E-state index in [9.17, 15) is 44.7 Å². The first-order valence-corrected chi connectivity index (χ1v) is 20.7. The monoisotopic (exact) mass is 793 g/mol. The van der Waals surface area contributed by atoms with E-state index in [4.69, 9.17) is 23.7 Å². The molecule has 15 nitrogen and oxygen atoms in total. The Bertz CT molecular complexity index is 1620. The van der Waals surface area contributed by atoms with Crippen LogP contribution in [0.1, 0.15) is 107 Å². The van der Waals surface area contributed by atoms with E-state index < -0.39 is 124 Å². The number of carboxylic acid groups (broad SMARTS) is 1. The van der Waals surface area contributed by atoms with Crippen molar-refractivity contribution in [3.63, 3.8) is 0 Å². The second-order valence-corrected chi connectivity index (χ2v) is 19.5. The van der Waals surface area contributed by atoms with Gasteiger partial charge in [-0.3, -0.25) is 14.5 Å². The van der Waals surface area contributed by atoms with E-state index in [2.05, 4.69) is 11.8 Å². The highest BCUT2D eigenvalue weighted by Crippen LogP contribution is 2.78. The molecule has 316 valence electrons. The number of hydrogen-bond acceptors (Lipinski definition) is 14. The van der Waals surface area contributed by atoms with Crippen LogP contribution in [0.25, 0.3) is 0 Å². The summed E-state index contributed by atoms with van der Waals surface area (Å²) >= 11 is 0. The van der Waals surface area contributed by atoms with Gasteiger partial charge in [0.25, 0.3) is 0 Å². The second-order valence-electron chi connectivity index (χ2n) is 19.5. The van der Waals surface area contributed by atoms with Gasteiger partial charge in [-0.2, -0.15) is 0 Å². The summed E-state index contributed by atoms with van der Waals surface area (Å²) in [7, 11) is 0. The third kappa shape index (κ3) is 5.56. The molecule has 1 spiro atoms. The summed E-state index contributed by atoms with van der Waals surface area (Å²) in [6, 6.07) is -0.297. The smallest absolute Gasteiger partial charge is 0.458 e. The predicted octanol–water partition coefficient (Wildman–Crippen LogP) is 2.81. The molecule has 15 heteroatoms. The molecule has 4 aliphatic carbocycles. The molecule has 3 aliphatic heterocycles. The van der Waals surface area contributed by atoms with Crippen molar-refractivity contribution in [2.45, 2.75) is 172 Å². The number of piperidine rings is 2. The van der Waals surface area contributed by atoms with Crippen LogP contribution < -0.4 is 0 Å². The highest BCUT2D eigenvalue weighted by molar-refractivity contribution is 5.79. The fourth-order valence-corrected chi connectivity index (χ4v) is 13.5. The number of esters is 3. The molecule has 0 aromatic heterocycles. The van der Waals surface area contributed by atoms with Crippen molar-refractivity contribution in [3.05, 3.63) is 0 Å². The molecular formula is C41H63NO14. The molecular weight excluding hydrogens is 730 g/mol. The zero-order chi connectivity index (χ0) is 41.3. The van der Waals surface area contributed by atoms with Crippen molar-refractivity contribution < 1.29 is 68.4 Å². The fourth-order valence-electron chi connectivity index (χ4n) is 13.5. The molecule has 7 fully saturated rings. The van der Waals surface area contributed by atoms with Gasteiger partial charge in [-0.1, -0.05) is 34.6 Å². The van der Waals surface area contributed by atoms with E-state index in [1.165, 1.54) is 13.8 Å². The molecule has 19 atom stereocenters. The maximum Gasteiger partial charge on any atom is 0.506 e. The van der Waals surface area contributed by atoms with Crippen molar-refractivity contribution in [1.29, 1.82) is 0 Å². The van der Waals surface area contributed by atoms with Gasteiger partial charge in [0.05, 0.1) is 29.1 Å². The first-order chi connectivity index (χ1) is 26.0. The second kappa shape index (κ2) is 13.5. The van der Waals surface area contributed by atoms with Crippen molar-refractivity contribution in [2.24, 2.45) is 46.8 Å². The van der Waals surface area contributed by atoms with E-state index in [0.717, 1.165) is 6.42 Å².